The van der Waals surface area contributed by atoms with Gasteiger partial charge >= 0.3 is 0 Å². The van der Waals surface area contributed by atoms with Crippen LogP contribution in [0.15, 0.2) is 77.7 Å². The molecule has 0 saturated heterocycles. The Bertz CT molecular complexity index is 1420. The number of benzene rings is 3. The molecule has 208 valence electrons. The first-order valence-electron chi connectivity index (χ1n) is 12.6. The van der Waals surface area contributed by atoms with Crippen LogP contribution in [0.5, 0.6) is 0 Å². The fourth-order valence-electron chi connectivity index (χ4n) is 4.18. The van der Waals surface area contributed by atoms with Crippen molar-refractivity contribution >= 4 is 50.7 Å². The smallest absolute Gasteiger partial charge is 0.264 e. The third-order valence-corrected chi connectivity index (χ3v) is 8.53. The molecule has 0 heterocycles. The van der Waals surface area contributed by atoms with Crippen LogP contribution in [0, 0.1) is 6.92 Å². The van der Waals surface area contributed by atoms with E-state index in [0.29, 0.717) is 6.42 Å². The van der Waals surface area contributed by atoms with Crippen LogP contribution in [-0.2, 0) is 26.2 Å². The number of nitrogens with zero attached hydrogens (tertiary/aromatic N) is 2. The maximum atomic E-state index is 14.1. The van der Waals surface area contributed by atoms with Gasteiger partial charge in [-0.2, -0.15) is 0 Å². The van der Waals surface area contributed by atoms with Crippen LogP contribution in [0.25, 0.3) is 0 Å². The van der Waals surface area contributed by atoms with E-state index in [1.165, 1.54) is 35.2 Å². The van der Waals surface area contributed by atoms with E-state index in [9.17, 15) is 18.0 Å². The SMILES string of the molecule is CCC(C(=O)NC(C)C)N(Cc1ccccc1C)C(=O)CN(c1cc(Cl)ccc1Cl)S(=O)(=O)c1ccccc1. The largest absolute Gasteiger partial charge is 0.352 e. The second kappa shape index (κ2) is 13.3. The van der Waals surface area contributed by atoms with Crippen molar-refractivity contribution in [3.05, 3.63) is 94.0 Å². The number of carbonyl (C=O) groups is 2. The molecular formula is C29H33Cl2N3O4S. The molecule has 0 radical (unpaired) electrons. The van der Waals surface area contributed by atoms with Crippen LogP contribution >= 0.6 is 23.2 Å². The van der Waals surface area contributed by atoms with Gasteiger partial charge in [0, 0.05) is 17.6 Å². The van der Waals surface area contributed by atoms with E-state index >= 15 is 0 Å². The summed E-state index contributed by atoms with van der Waals surface area (Å²) in [5.74, 6) is -0.868. The van der Waals surface area contributed by atoms with Gasteiger partial charge in [0.2, 0.25) is 11.8 Å². The number of anilines is 1. The molecule has 0 saturated carbocycles. The van der Waals surface area contributed by atoms with Crippen molar-refractivity contribution in [3.8, 4) is 0 Å². The van der Waals surface area contributed by atoms with E-state index in [0.717, 1.165) is 15.4 Å². The van der Waals surface area contributed by atoms with Crippen LogP contribution in [0.3, 0.4) is 0 Å². The Hall–Kier alpha value is -3.07. The van der Waals surface area contributed by atoms with Gasteiger partial charge in [-0.1, -0.05) is 72.6 Å². The third kappa shape index (κ3) is 7.53. The van der Waals surface area contributed by atoms with Gasteiger partial charge in [-0.3, -0.25) is 13.9 Å². The summed E-state index contributed by atoms with van der Waals surface area (Å²) in [5, 5.41) is 3.26. The molecule has 0 aliphatic carbocycles. The number of aryl methyl sites for hydroxylation is 1. The summed E-state index contributed by atoms with van der Waals surface area (Å²) in [5.41, 5.74) is 1.86. The van der Waals surface area contributed by atoms with Gasteiger partial charge in [-0.05, 0) is 68.7 Å². The highest BCUT2D eigenvalue weighted by molar-refractivity contribution is 7.92. The van der Waals surface area contributed by atoms with E-state index in [1.807, 2.05) is 52.0 Å². The first-order chi connectivity index (χ1) is 18.4. The average molecular weight is 591 g/mol. The van der Waals surface area contributed by atoms with Crippen LogP contribution < -0.4 is 9.62 Å². The molecule has 2 amide bonds. The highest BCUT2D eigenvalue weighted by atomic mass is 35.5. The molecule has 0 fully saturated rings. The van der Waals surface area contributed by atoms with Crippen molar-refractivity contribution in [1.82, 2.24) is 10.2 Å². The molecule has 0 aromatic heterocycles. The topological polar surface area (TPSA) is 86.8 Å². The van der Waals surface area contributed by atoms with Gasteiger partial charge in [0.15, 0.2) is 0 Å². The molecule has 1 N–H and O–H groups in total. The van der Waals surface area contributed by atoms with Crippen molar-refractivity contribution in [2.75, 3.05) is 10.8 Å². The van der Waals surface area contributed by atoms with Crippen LogP contribution in [-0.4, -0.2) is 43.8 Å². The Morgan fingerprint density at radius 2 is 1.59 bits per heavy atom. The number of nitrogens with one attached hydrogen (secondary N) is 1. The number of amides is 2. The Kier molecular flexibility index (Phi) is 10.4. The molecular weight excluding hydrogens is 557 g/mol. The highest BCUT2D eigenvalue weighted by Gasteiger charge is 2.34. The minimum Gasteiger partial charge on any atom is -0.352 e. The summed E-state index contributed by atoms with van der Waals surface area (Å²) in [7, 11) is -4.23. The summed E-state index contributed by atoms with van der Waals surface area (Å²) in [6.45, 7) is 6.95. The molecule has 39 heavy (non-hydrogen) atoms. The maximum Gasteiger partial charge on any atom is 0.264 e. The molecule has 1 atom stereocenters. The van der Waals surface area contributed by atoms with Crippen molar-refractivity contribution < 1.29 is 18.0 Å². The lowest BCUT2D eigenvalue weighted by Gasteiger charge is -2.34. The van der Waals surface area contributed by atoms with E-state index in [2.05, 4.69) is 5.32 Å². The Balaban J connectivity index is 2.11. The predicted molar refractivity (Wildman–Crippen MR) is 157 cm³/mol. The number of sulfonamides is 1. The minimum absolute atomic E-state index is 0.0103. The van der Waals surface area contributed by atoms with Gasteiger partial charge in [-0.25, -0.2) is 8.42 Å². The lowest BCUT2D eigenvalue weighted by Crippen LogP contribution is -2.53. The van der Waals surface area contributed by atoms with Crippen molar-refractivity contribution in [2.45, 2.75) is 57.6 Å². The Labute approximate surface area is 240 Å². The number of hydrogen-bond donors (Lipinski definition) is 1. The van der Waals surface area contributed by atoms with E-state index in [1.54, 1.807) is 18.2 Å². The molecule has 0 aliphatic heterocycles. The van der Waals surface area contributed by atoms with Gasteiger partial charge < -0.3 is 10.2 Å². The standard InChI is InChI=1S/C29H33Cl2N3O4S/c1-5-26(29(36)32-20(2)3)33(18-22-12-10-9-11-21(22)4)28(35)19-34(27-17-23(30)15-16-25(27)31)39(37,38)24-13-7-6-8-14-24/h6-17,20,26H,5,18-19H2,1-4H3,(H,32,36). The number of carbonyl (C=O) groups excluding carboxylic acids is 2. The van der Waals surface area contributed by atoms with E-state index in [4.69, 9.17) is 23.2 Å². The second-order valence-corrected chi connectivity index (χ2v) is 12.2. The lowest BCUT2D eigenvalue weighted by molar-refractivity contribution is -0.140. The third-order valence-electron chi connectivity index (χ3n) is 6.21. The zero-order chi connectivity index (χ0) is 28.7. The first kappa shape index (κ1) is 30.5. The second-order valence-electron chi connectivity index (χ2n) is 9.46. The fraction of sp³-hybridized carbons (Fsp3) is 0.310. The van der Waals surface area contributed by atoms with Crippen molar-refractivity contribution in [2.24, 2.45) is 0 Å². The summed E-state index contributed by atoms with van der Waals surface area (Å²) in [6.07, 6.45) is 0.333. The van der Waals surface area contributed by atoms with Gasteiger partial charge in [0.1, 0.15) is 12.6 Å². The minimum atomic E-state index is -4.23. The van der Waals surface area contributed by atoms with E-state index < -0.39 is 28.5 Å². The van der Waals surface area contributed by atoms with Crippen LogP contribution in [0.2, 0.25) is 10.0 Å². The van der Waals surface area contributed by atoms with Crippen LogP contribution in [0.1, 0.15) is 38.3 Å². The van der Waals surface area contributed by atoms with Crippen LogP contribution in [0.4, 0.5) is 5.69 Å². The zero-order valence-corrected chi connectivity index (χ0v) is 24.7. The molecule has 3 rings (SSSR count). The molecule has 10 heteroatoms. The quantitative estimate of drug-likeness (QED) is 0.305. The van der Waals surface area contributed by atoms with Crippen molar-refractivity contribution in [3.63, 3.8) is 0 Å². The Morgan fingerprint density at radius 3 is 2.21 bits per heavy atom. The zero-order valence-electron chi connectivity index (χ0n) is 22.4. The molecule has 3 aromatic carbocycles. The monoisotopic (exact) mass is 589 g/mol. The predicted octanol–water partition coefficient (Wildman–Crippen LogP) is 5.83. The number of rotatable bonds is 11. The maximum absolute atomic E-state index is 14.1. The summed E-state index contributed by atoms with van der Waals surface area (Å²) in [6, 6.07) is 18.8. The highest BCUT2D eigenvalue weighted by Crippen LogP contribution is 2.33. The molecule has 0 spiro atoms. The van der Waals surface area contributed by atoms with Gasteiger partial charge in [0.05, 0.1) is 15.6 Å². The van der Waals surface area contributed by atoms with E-state index in [-0.39, 0.29) is 39.1 Å². The molecule has 3 aromatic rings. The Morgan fingerprint density at radius 1 is 0.949 bits per heavy atom. The normalized spacial score (nSPS) is 12.2. The first-order valence-corrected chi connectivity index (χ1v) is 14.8. The fourth-order valence-corrected chi connectivity index (χ4v) is 6.06. The summed E-state index contributed by atoms with van der Waals surface area (Å²) in [4.78, 5) is 28.7. The molecule has 1 unspecified atom stereocenters. The van der Waals surface area contributed by atoms with Crippen molar-refractivity contribution in [1.29, 1.82) is 0 Å². The van der Waals surface area contributed by atoms with Gasteiger partial charge in [-0.15, -0.1) is 0 Å². The summed E-state index contributed by atoms with van der Waals surface area (Å²) >= 11 is 12.7. The number of halogens is 2. The molecule has 0 bridgehead atoms. The lowest BCUT2D eigenvalue weighted by atomic mass is 10.1. The summed E-state index contributed by atoms with van der Waals surface area (Å²) < 4.78 is 28.7. The van der Waals surface area contributed by atoms with Gasteiger partial charge in [0.25, 0.3) is 10.0 Å². The molecule has 7 nitrogen and oxygen atoms in total. The number of hydrogen-bond acceptors (Lipinski definition) is 4. The molecule has 0 aliphatic rings. The average Bonchev–Trinajstić information content (AvgIpc) is 2.89.